The van der Waals surface area contributed by atoms with E-state index in [0.29, 0.717) is 18.0 Å². The van der Waals surface area contributed by atoms with Gasteiger partial charge in [-0.15, -0.1) is 0 Å². The SMILES string of the molecule is COc1ccc(OCc2cnn(C)c2)c(N)c1. The predicted molar refractivity (Wildman–Crippen MR) is 64.9 cm³/mol. The lowest BCUT2D eigenvalue weighted by atomic mass is 10.3. The molecule has 0 aliphatic rings. The molecule has 2 N–H and O–H groups in total. The molecule has 0 aliphatic heterocycles. The number of aromatic nitrogens is 2. The highest BCUT2D eigenvalue weighted by Crippen LogP contribution is 2.26. The Balaban J connectivity index is 2.04. The maximum atomic E-state index is 5.84. The van der Waals surface area contributed by atoms with Gasteiger partial charge in [0.15, 0.2) is 0 Å². The lowest BCUT2D eigenvalue weighted by Gasteiger charge is -2.09. The van der Waals surface area contributed by atoms with Crippen molar-refractivity contribution < 1.29 is 9.47 Å². The quantitative estimate of drug-likeness (QED) is 0.814. The van der Waals surface area contributed by atoms with Crippen molar-refractivity contribution in [3.8, 4) is 11.5 Å². The van der Waals surface area contributed by atoms with Gasteiger partial charge in [-0.2, -0.15) is 5.10 Å². The Hall–Kier alpha value is -2.17. The summed E-state index contributed by atoms with van der Waals surface area (Å²) in [5.74, 6) is 1.37. The Bertz CT molecular complexity index is 508. The van der Waals surface area contributed by atoms with Crippen LogP contribution in [-0.4, -0.2) is 16.9 Å². The van der Waals surface area contributed by atoms with E-state index >= 15 is 0 Å². The molecule has 90 valence electrons. The number of rotatable bonds is 4. The first-order chi connectivity index (χ1) is 8.19. The first-order valence-electron chi connectivity index (χ1n) is 5.23. The zero-order valence-electron chi connectivity index (χ0n) is 9.88. The molecular formula is C12H15N3O2. The Morgan fingerprint density at radius 3 is 2.82 bits per heavy atom. The molecule has 0 aliphatic carbocycles. The number of nitrogens with two attached hydrogens (primary N) is 1. The minimum absolute atomic E-state index is 0.449. The first kappa shape index (κ1) is 11.3. The normalized spacial score (nSPS) is 10.2. The fourth-order valence-electron chi connectivity index (χ4n) is 1.49. The van der Waals surface area contributed by atoms with Crippen molar-refractivity contribution in [2.75, 3.05) is 12.8 Å². The zero-order chi connectivity index (χ0) is 12.3. The summed E-state index contributed by atoms with van der Waals surface area (Å²) in [6.45, 7) is 0.449. The van der Waals surface area contributed by atoms with Crippen LogP contribution in [0.15, 0.2) is 30.6 Å². The van der Waals surface area contributed by atoms with Crippen molar-refractivity contribution >= 4 is 5.69 Å². The van der Waals surface area contributed by atoms with Crippen LogP contribution in [0.1, 0.15) is 5.56 Å². The maximum absolute atomic E-state index is 5.84. The minimum atomic E-state index is 0.449. The van der Waals surface area contributed by atoms with Gasteiger partial charge in [-0.25, -0.2) is 0 Å². The Morgan fingerprint density at radius 1 is 1.41 bits per heavy atom. The van der Waals surface area contributed by atoms with E-state index in [1.165, 1.54) is 0 Å². The molecule has 0 amide bonds. The van der Waals surface area contributed by atoms with Gasteiger partial charge in [-0.3, -0.25) is 4.68 Å². The van der Waals surface area contributed by atoms with Gasteiger partial charge in [0.05, 0.1) is 19.0 Å². The summed E-state index contributed by atoms with van der Waals surface area (Å²) in [4.78, 5) is 0. The number of benzene rings is 1. The summed E-state index contributed by atoms with van der Waals surface area (Å²) in [6.07, 6.45) is 3.67. The Morgan fingerprint density at radius 2 is 2.24 bits per heavy atom. The topological polar surface area (TPSA) is 62.3 Å². The highest BCUT2D eigenvalue weighted by atomic mass is 16.5. The second-order valence-electron chi connectivity index (χ2n) is 3.71. The van der Waals surface area contributed by atoms with Crippen LogP contribution in [0.4, 0.5) is 5.69 Å². The largest absolute Gasteiger partial charge is 0.497 e. The summed E-state index contributed by atoms with van der Waals surface area (Å²) in [7, 11) is 3.47. The zero-order valence-corrected chi connectivity index (χ0v) is 9.88. The molecule has 0 atom stereocenters. The van der Waals surface area contributed by atoms with Crippen molar-refractivity contribution in [3.05, 3.63) is 36.2 Å². The predicted octanol–water partition coefficient (Wildman–Crippen LogP) is 1.59. The summed E-state index contributed by atoms with van der Waals surface area (Å²) in [5, 5.41) is 4.06. The third-order valence-electron chi connectivity index (χ3n) is 2.37. The van der Waals surface area contributed by atoms with E-state index in [2.05, 4.69) is 5.10 Å². The van der Waals surface area contributed by atoms with E-state index in [-0.39, 0.29) is 0 Å². The van der Waals surface area contributed by atoms with Gasteiger partial charge < -0.3 is 15.2 Å². The van der Waals surface area contributed by atoms with Gasteiger partial charge in [0.2, 0.25) is 0 Å². The molecule has 0 fully saturated rings. The summed E-state index contributed by atoms with van der Waals surface area (Å²) < 4.78 is 12.4. The highest BCUT2D eigenvalue weighted by Gasteiger charge is 2.03. The molecule has 0 saturated carbocycles. The van der Waals surface area contributed by atoms with Crippen LogP contribution in [0.5, 0.6) is 11.5 Å². The van der Waals surface area contributed by atoms with E-state index in [1.54, 1.807) is 30.1 Å². The van der Waals surface area contributed by atoms with E-state index in [4.69, 9.17) is 15.2 Å². The van der Waals surface area contributed by atoms with E-state index in [0.717, 1.165) is 11.3 Å². The van der Waals surface area contributed by atoms with Crippen LogP contribution in [-0.2, 0) is 13.7 Å². The van der Waals surface area contributed by atoms with Gasteiger partial charge in [0.1, 0.15) is 18.1 Å². The fourth-order valence-corrected chi connectivity index (χ4v) is 1.49. The number of ether oxygens (including phenoxy) is 2. The van der Waals surface area contributed by atoms with Crippen LogP contribution in [0, 0.1) is 0 Å². The van der Waals surface area contributed by atoms with Crippen molar-refractivity contribution in [2.24, 2.45) is 7.05 Å². The first-order valence-corrected chi connectivity index (χ1v) is 5.23. The van der Waals surface area contributed by atoms with Gasteiger partial charge in [-0.05, 0) is 12.1 Å². The molecule has 5 heteroatoms. The van der Waals surface area contributed by atoms with Crippen molar-refractivity contribution in [3.63, 3.8) is 0 Å². The van der Waals surface area contributed by atoms with Gasteiger partial charge >= 0.3 is 0 Å². The molecule has 2 rings (SSSR count). The number of aryl methyl sites for hydroxylation is 1. The van der Waals surface area contributed by atoms with Crippen LogP contribution < -0.4 is 15.2 Å². The Kier molecular flexibility index (Phi) is 3.18. The van der Waals surface area contributed by atoms with Crippen molar-refractivity contribution in [1.82, 2.24) is 9.78 Å². The number of hydrogen-bond acceptors (Lipinski definition) is 4. The van der Waals surface area contributed by atoms with Crippen LogP contribution in [0.2, 0.25) is 0 Å². The minimum Gasteiger partial charge on any atom is -0.497 e. The standard InChI is InChI=1S/C12H15N3O2/c1-15-7-9(6-14-15)8-17-12-4-3-10(16-2)5-11(12)13/h3-7H,8,13H2,1-2H3. The smallest absolute Gasteiger partial charge is 0.142 e. The van der Waals surface area contributed by atoms with E-state index in [1.807, 2.05) is 19.3 Å². The van der Waals surface area contributed by atoms with Gasteiger partial charge in [0, 0.05) is 24.9 Å². The molecule has 2 aromatic rings. The molecule has 17 heavy (non-hydrogen) atoms. The van der Waals surface area contributed by atoms with Crippen LogP contribution >= 0.6 is 0 Å². The number of hydrogen-bond donors (Lipinski definition) is 1. The van der Waals surface area contributed by atoms with Gasteiger partial charge in [-0.1, -0.05) is 0 Å². The molecule has 1 aromatic carbocycles. The van der Waals surface area contributed by atoms with E-state index < -0.39 is 0 Å². The fraction of sp³-hybridized carbons (Fsp3) is 0.250. The molecule has 0 radical (unpaired) electrons. The average Bonchev–Trinajstić information content (AvgIpc) is 2.73. The average molecular weight is 233 g/mol. The molecule has 1 heterocycles. The summed E-state index contributed by atoms with van der Waals surface area (Å²) in [6, 6.07) is 5.35. The molecule has 0 saturated heterocycles. The summed E-state index contributed by atoms with van der Waals surface area (Å²) >= 11 is 0. The molecule has 0 spiro atoms. The summed E-state index contributed by atoms with van der Waals surface area (Å²) in [5.41, 5.74) is 7.41. The molecule has 0 unspecified atom stereocenters. The third-order valence-corrected chi connectivity index (χ3v) is 2.37. The molecule has 5 nitrogen and oxygen atoms in total. The monoisotopic (exact) mass is 233 g/mol. The molecule has 0 bridgehead atoms. The van der Waals surface area contributed by atoms with E-state index in [9.17, 15) is 0 Å². The second kappa shape index (κ2) is 4.78. The highest BCUT2D eigenvalue weighted by molar-refractivity contribution is 5.56. The van der Waals surface area contributed by atoms with Crippen LogP contribution in [0.25, 0.3) is 0 Å². The van der Waals surface area contributed by atoms with Crippen molar-refractivity contribution in [1.29, 1.82) is 0 Å². The number of nitrogen functional groups attached to an aromatic ring is 1. The molecular weight excluding hydrogens is 218 g/mol. The molecule has 1 aromatic heterocycles. The maximum Gasteiger partial charge on any atom is 0.142 e. The third kappa shape index (κ3) is 2.69. The lowest BCUT2D eigenvalue weighted by molar-refractivity contribution is 0.307. The number of anilines is 1. The van der Waals surface area contributed by atoms with Crippen LogP contribution in [0.3, 0.4) is 0 Å². The van der Waals surface area contributed by atoms with Crippen molar-refractivity contribution in [2.45, 2.75) is 6.61 Å². The Labute approximate surface area is 99.8 Å². The number of methoxy groups -OCH3 is 1. The number of nitrogens with zero attached hydrogens (tertiary/aromatic N) is 2. The second-order valence-corrected chi connectivity index (χ2v) is 3.71. The lowest BCUT2D eigenvalue weighted by Crippen LogP contribution is -1.98. The van der Waals surface area contributed by atoms with Gasteiger partial charge in [0.25, 0.3) is 0 Å².